The Hall–Kier alpha value is -4.54. The average molecular weight is 620 g/mol. The number of carbonyl (C=O) groups excluding carboxylic acids is 2. The van der Waals surface area contributed by atoms with Crippen molar-refractivity contribution in [1.82, 2.24) is 5.32 Å². The number of halogens is 1. The maximum atomic E-state index is 13.3. The molecular formula is C32H30ClN3O6S. The molecule has 0 fully saturated rings. The molecule has 1 aliphatic rings. The van der Waals surface area contributed by atoms with Crippen molar-refractivity contribution in [3.63, 3.8) is 0 Å². The van der Waals surface area contributed by atoms with Crippen LogP contribution >= 0.6 is 11.6 Å². The summed E-state index contributed by atoms with van der Waals surface area (Å²) in [6.07, 6.45) is -0.224. The second-order valence-corrected chi connectivity index (χ2v) is 12.0. The lowest BCUT2D eigenvalue weighted by atomic mass is 10.1. The fraction of sp³-hybridized carbons (Fsp3) is 0.188. The van der Waals surface area contributed by atoms with Crippen molar-refractivity contribution >= 4 is 44.8 Å². The molecule has 9 nitrogen and oxygen atoms in total. The van der Waals surface area contributed by atoms with Crippen LogP contribution in [0.15, 0.2) is 102 Å². The van der Waals surface area contributed by atoms with Gasteiger partial charge in [0.25, 0.3) is 21.8 Å². The molecule has 0 saturated heterocycles. The van der Waals surface area contributed by atoms with Crippen molar-refractivity contribution < 1.29 is 27.5 Å². The standard InChI is InChI=1S/C32H30ClN3O6S/c1-22-11-12-24(19-27(22)33)35-43(39,40)26-15-13-25(14-16-26)41-21-31(37)36-20-30(42-29-10-6-5-9-28(29)36)32(38)34-18-17-23-7-3-2-4-8-23/h2-16,19,30,35H,17-18,20-21H2,1H3,(H,34,38)/t30-/m1/s1. The Morgan fingerprint density at radius 2 is 1.70 bits per heavy atom. The highest BCUT2D eigenvalue weighted by Crippen LogP contribution is 2.33. The predicted molar refractivity (Wildman–Crippen MR) is 165 cm³/mol. The molecule has 0 saturated carbocycles. The zero-order valence-corrected chi connectivity index (χ0v) is 24.9. The van der Waals surface area contributed by atoms with Gasteiger partial charge in [-0.2, -0.15) is 0 Å². The van der Waals surface area contributed by atoms with E-state index in [4.69, 9.17) is 21.1 Å². The first-order chi connectivity index (χ1) is 20.7. The number of ether oxygens (including phenoxy) is 2. The maximum absolute atomic E-state index is 13.3. The smallest absolute Gasteiger partial charge is 0.265 e. The van der Waals surface area contributed by atoms with E-state index in [9.17, 15) is 18.0 Å². The first-order valence-electron chi connectivity index (χ1n) is 13.6. The Balaban J connectivity index is 1.20. The number of hydrogen-bond donors (Lipinski definition) is 2. The number of nitrogens with zero attached hydrogens (tertiary/aromatic N) is 1. The third-order valence-electron chi connectivity index (χ3n) is 6.84. The van der Waals surface area contributed by atoms with Crippen molar-refractivity contribution in [2.24, 2.45) is 0 Å². The molecule has 0 unspecified atom stereocenters. The van der Waals surface area contributed by atoms with E-state index in [0.717, 1.165) is 11.1 Å². The summed E-state index contributed by atoms with van der Waals surface area (Å²) in [6.45, 7) is 1.94. The van der Waals surface area contributed by atoms with Gasteiger partial charge in [0.1, 0.15) is 11.5 Å². The van der Waals surface area contributed by atoms with Crippen LogP contribution in [0.1, 0.15) is 11.1 Å². The van der Waals surface area contributed by atoms with E-state index in [-0.39, 0.29) is 29.9 Å². The number of sulfonamides is 1. The zero-order valence-electron chi connectivity index (χ0n) is 23.3. The number of nitrogens with one attached hydrogen (secondary N) is 2. The third kappa shape index (κ3) is 7.46. The summed E-state index contributed by atoms with van der Waals surface area (Å²) in [5.74, 6) is 0.0274. The SMILES string of the molecule is Cc1ccc(NS(=O)(=O)c2ccc(OCC(=O)N3C[C@H](C(=O)NCCc4ccccc4)Oc4ccccc43)cc2)cc1Cl. The summed E-state index contributed by atoms with van der Waals surface area (Å²) < 4.78 is 39.8. The monoisotopic (exact) mass is 619 g/mol. The molecule has 1 aliphatic heterocycles. The van der Waals surface area contributed by atoms with E-state index in [0.29, 0.717) is 40.9 Å². The second-order valence-electron chi connectivity index (χ2n) is 9.93. The van der Waals surface area contributed by atoms with Crippen LogP contribution in [0.4, 0.5) is 11.4 Å². The lowest BCUT2D eigenvalue weighted by Gasteiger charge is -2.34. The fourth-order valence-electron chi connectivity index (χ4n) is 4.50. The maximum Gasteiger partial charge on any atom is 0.265 e. The number of anilines is 2. The second kappa shape index (κ2) is 13.2. The van der Waals surface area contributed by atoms with Crippen LogP contribution in [0.5, 0.6) is 11.5 Å². The number of rotatable bonds is 10. The van der Waals surface area contributed by atoms with Crippen molar-refractivity contribution in [3.8, 4) is 11.5 Å². The normalized spacial score (nSPS) is 14.3. The molecule has 11 heteroatoms. The molecule has 2 N–H and O–H groups in total. The van der Waals surface area contributed by atoms with Gasteiger partial charge in [-0.25, -0.2) is 8.42 Å². The van der Waals surface area contributed by atoms with Crippen LogP contribution in [0, 0.1) is 6.92 Å². The van der Waals surface area contributed by atoms with Crippen molar-refractivity contribution in [2.75, 3.05) is 29.3 Å². The summed E-state index contributed by atoms with van der Waals surface area (Å²) in [7, 11) is -3.87. The Morgan fingerprint density at radius 3 is 2.44 bits per heavy atom. The minimum Gasteiger partial charge on any atom is -0.484 e. The molecule has 1 heterocycles. The van der Waals surface area contributed by atoms with Crippen LogP contribution in [0.25, 0.3) is 0 Å². The van der Waals surface area contributed by atoms with Crippen molar-refractivity contribution in [2.45, 2.75) is 24.3 Å². The molecular weight excluding hydrogens is 590 g/mol. The quantitative estimate of drug-likeness (QED) is 0.259. The first-order valence-corrected chi connectivity index (χ1v) is 15.5. The van der Waals surface area contributed by atoms with Gasteiger partial charge in [0, 0.05) is 11.6 Å². The van der Waals surface area contributed by atoms with Gasteiger partial charge in [0.15, 0.2) is 12.7 Å². The molecule has 0 aliphatic carbocycles. The van der Waals surface area contributed by atoms with E-state index in [1.165, 1.54) is 29.2 Å². The number of benzene rings is 4. The number of aryl methyl sites for hydroxylation is 1. The average Bonchev–Trinajstić information content (AvgIpc) is 3.01. The van der Waals surface area contributed by atoms with E-state index < -0.39 is 16.1 Å². The third-order valence-corrected chi connectivity index (χ3v) is 8.65. The summed E-state index contributed by atoms with van der Waals surface area (Å²) in [5, 5.41) is 3.34. The minimum absolute atomic E-state index is 0.0161. The van der Waals surface area contributed by atoms with Crippen LogP contribution in [0.3, 0.4) is 0 Å². The van der Waals surface area contributed by atoms with E-state index in [2.05, 4.69) is 10.0 Å². The molecule has 2 amide bonds. The van der Waals surface area contributed by atoms with Crippen molar-refractivity contribution in [1.29, 1.82) is 0 Å². The van der Waals surface area contributed by atoms with Crippen molar-refractivity contribution in [3.05, 3.63) is 113 Å². The van der Waals surface area contributed by atoms with Gasteiger partial charge in [-0.1, -0.05) is 60.1 Å². The van der Waals surface area contributed by atoms with E-state index in [1.807, 2.05) is 37.3 Å². The molecule has 1 atom stereocenters. The molecule has 222 valence electrons. The molecule has 4 aromatic rings. The largest absolute Gasteiger partial charge is 0.484 e. The fourth-order valence-corrected chi connectivity index (χ4v) is 5.73. The number of para-hydroxylation sites is 2. The molecule has 0 spiro atoms. The van der Waals surface area contributed by atoms with Gasteiger partial charge < -0.3 is 19.7 Å². The van der Waals surface area contributed by atoms with Gasteiger partial charge in [-0.05, 0) is 73.0 Å². The minimum atomic E-state index is -3.87. The Kier molecular flexibility index (Phi) is 9.18. The highest BCUT2D eigenvalue weighted by Gasteiger charge is 2.33. The topological polar surface area (TPSA) is 114 Å². The van der Waals surface area contributed by atoms with Gasteiger partial charge >= 0.3 is 0 Å². The highest BCUT2D eigenvalue weighted by molar-refractivity contribution is 7.92. The number of hydrogen-bond acceptors (Lipinski definition) is 6. The Morgan fingerprint density at radius 1 is 0.977 bits per heavy atom. The molecule has 0 bridgehead atoms. The summed E-state index contributed by atoms with van der Waals surface area (Å²) >= 11 is 6.11. The van der Waals surface area contributed by atoms with Crippen LogP contribution in [0.2, 0.25) is 5.02 Å². The van der Waals surface area contributed by atoms with Crippen LogP contribution in [-0.4, -0.2) is 46.0 Å². The molecule has 5 rings (SSSR count). The lowest BCUT2D eigenvalue weighted by molar-refractivity contribution is -0.128. The molecule has 43 heavy (non-hydrogen) atoms. The van der Waals surface area contributed by atoms with E-state index in [1.54, 1.807) is 42.5 Å². The number of fused-ring (bicyclic) bond motifs is 1. The highest BCUT2D eigenvalue weighted by atomic mass is 35.5. The summed E-state index contributed by atoms with van der Waals surface area (Å²) in [4.78, 5) is 27.7. The first kappa shape index (κ1) is 29.9. The number of amides is 2. The summed E-state index contributed by atoms with van der Waals surface area (Å²) in [6, 6.07) is 27.4. The van der Waals surface area contributed by atoms with Gasteiger partial charge in [-0.15, -0.1) is 0 Å². The summed E-state index contributed by atoms with van der Waals surface area (Å²) in [5.41, 5.74) is 2.81. The Bertz CT molecular complexity index is 1720. The number of carbonyl (C=O) groups is 2. The zero-order chi connectivity index (χ0) is 30.4. The van der Waals surface area contributed by atoms with Crippen LogP contribution in [-0.2, 0) is 26.0 Å². The van der Waals surface area contributed by atoms with E-state index >= 15 is 0 Å². The van der Waals surface area contributed by atoms with Gasteiger partial charge in [0.05, 0.1) is 22.8 Å². The van der Waals surface area contributed by atoms with Gasteiger partial charge in [-0.3, -0.25) is 14.3 Å². The lowest BCUT2D eigenvalue weighted by Crippen LogP contribution is -2.52. The molecule has 4 aromatic carbocycles. The van der Waals surface area contributed by atoms with Gasteiger partial charge in [0.2, 0.25) is 0 Å². The molecule has 0 radical (unpaired) electrons. The van der Waals surface area contributed by atoms with Crippen LogP contribution < -0.4 is 24.4 Å². The predicted octanol–water partition coefficient (Wildman–Crippen LogP) is 4.98. The Labute approximate surface area is 255 Å². The molecule has 0 aromatic heterocycles.